The normalized spacial score (nSPS) is 13.6. The highest BCUT2D eigenvalue weighted by Crippen LogP contribution is 2.33. The molecule has 3 heterocycles. The second-order valence-corrected chi connectivity index (χ2v) is 9.11. The number of amides is 1. The van der Waals surface area contributed by atoms with Gasteiger partial charge in [0.25, 0.3) is 5.56 Å². The first-order valence-corrected chi connectivity index (χ1v) is 11.7. The molecule has 31 heavy (non-hydrogen) atoms. The summed E-state index contributed by atoms with van der Waals surface area (Å²) >= 11 is 1.63. The molecule has 1 aromatic carbocycles. The summed E-state index contributed by atoms with van der Waals surface area (Å²) in [5.41, 5.74) is 2.98. The van der Waals surface area contributed by atoms with Gasteiger partial charge in [0.05, 0.1) is 16.4 Å². The van der Waals surface area contributed by atoms with Crippen LogP contribution < -0.4 is 10.9 Å². The van der Waals surface area contributed by atoms with Gasteiger partial charge in [-0.3, -0.25) is 14.9 Å². The first-order chi connectivity index (χ1) is 15.1. The Morgan fingerprint density at radius 1 is 1.23 bits per heavy atom. The minimum absolute atomic E-state index is 0.0791. The number of rotatable bonds is 6. The molecule has 0 spiro atoms. The van der Waals surface area contributed by atoms with Crippen molar-refractivity contribution >= 4 is 44.4 Å². The van der Waals surface area contributed by atoms with Crippen molar-refractivity contribution < 1.29 is 4.79 Å². The van der Waals surface area contributed by atoms with Crippen molar-refractivity contribution in [2.75, 3.05) is 5.32 Å². The molecule has 0 bridgehead atoms. The van der Waals surface area contributed by atoms with Crippen LogP contribution >= 0.6 is 11.3 Å². The number of nitrogens with one attached hydrogen (secondary N) is 2. The number of benzene rings is 1. The summed E-state index contributed by atoms with van der Waals surface area (Å²) in [5, 5.41) is 3.69. The molecule has 3 aromatic heterocycles. The number of fused-ring (bicyclic) bond motifs is 4. The number of para-hydroxylation sites is 2. The average molecular weight is 436 g/mol. The summed E-state index contributed by atoms with van der Waals surface area (Å²) < 4.78 is 2.04. The van der Waals surface area contributed by atoms with Gasteiger partial charge in [-0.05, 0) is 49.8 Å². The Morgan fingerprint density at radius 3 is 2.94 bits per heavy atom. The molecule has 0 saturated carbocycles. The van der Waals surface area contributed by atoms with Crippen molar-refractivity contribution in [3.63, 3.8) is 0 Å². The fourth-order valence-electron chi connectivity index (χ4n) is 4.37. The Kier molecular flexibility index (Phi) is 5.31. The Bertz CT molecular complexity index is 1330. The Morgan fingerprint density at radius 2 is 2.06 bits per heavy atom. The number of nitrogens with zero attached hydrogens (tertiary/aromatic N) is 3. The molecule has 5 rings (SSSR count). The number of aryl methyl sites for hydroxylation is 4. The topological polar surface area (TPSA) is 92.7 Å². The number of carbonyl (C=O) groups excluding carboxylic acids is 1. The first-order valence-electron chi connectivity index (χ1n) is 10.9. The third kappa shape index (κ3) is 3.76. The molecule has 2 N–H and O–H groups in total. The lowest BCUT2D eigenvalue weighted by Gasteiger charge is -2.09. The first kappa shape index (κ1) is 19.9. The average Bonchev–Trinajstić information content (AvgIpc) is 3.31. The van der Waals surface area contributed by atoms with Gasteiger partial charge in [0.15, 0.2) is 0 Å². The summed E-state index contributed by atoms with van der Waals surface area (Å²) in [6, 6.07) is 7.87. The second kappa shape index (κ2) is 8.26. The van der Waals surface area contributed by atoms with E-state index in [9.17, 15) is 9.59 Å². The van der Waals surface area contributed by atoms with Crippen molar-refractivity contribution in [3.05, 3.63) is 50.9 Å². The van der Waals surface area contributed by atoms with Gasteiger partial charge in [-0.1, -0.05) is 19.1 Å². The Balaban J connectivity index is 1.33. The second-order valence-electron chi connectivity index (χ2n) is 8.03. The minimum Gasteiger partial charge on any atom is -0.310 e. The number of imidazole rings is 1. The summed E-state index contributed by atoms with van der Waals surface area (Å²) in [6.07, 6.45) is 5.85. The Hall–Kier alpha value is -3.00. The summed E-state index contributed by atoms with van der Waals surface area (Å²) in [5.74, 6) is 0.991. The van der Waals surface area contributed by atoms with Crippen LogP contribution in [-0.4, -0.2) is 25.4 Å². The van der Waals surface area contributed by atoms with Crippen molar-refractivity contribution in [1.29, 1.82) is 0 Å². The lowest BCUT2D eigenvalue weighted by molar-refractivity contribution is -0.116. The minimum atomic E-state index is -0.138. The van der Waals surface area contributed by atoms with E-state index in [2.05, 4.69) is 27.2 Å². The van der Waals surface area contributed by atoms with E-state index in [4.69, 9.17) is 0 Å². The lowest BCUT2D eigenvalue weighted by atomic mass is 9.97. The standard InChI is InChI=1S/C23H25N5O2S/c1-2-13-28-16-9-5-4-8-15(16)24-23(28)27-19(29)12-11-18-25-21(30)20-14-7-3-6-10-17(14)31-22(20)26-18/h4-5,8-9H,2-3,6-7,10-13H2,1H3,(H,24,27,29)(H,25,26,30). The van der Waals surface area contributed by atoms with Gasteiger partial charge in [0.1, 0.15) is 10.7 Å². The molecule has 0 atom stereocenters. The summed E-state index contributed by atoms with van der Waals surface area (Å²) in [7, 11) is 0. The summed E-state index contributed by atoms with van der Waals surface area (Å²) in [6.45, 7) is 2.88. The summed E-state index contributed by atoms with van der Waals surface area (Å²) in [4.78, 5) is 39.6. The highest BCUT2D eigenvalue weighted by molar-refractivity contribution is 7.18. The van der Waals surface area contributed by atoms with Crippen LogP contribution in [0.5, 0.6) is 0 Å². The fraction of sp³-hybridized carbons (Fsp3) is 0.391. The number of hydrogen-bond donors (Lipinski definition) is 2. The molecule has 4 aromatic rings. The van der Waals surface area contributed by atoms with E-state index in [1.165, 1.54) is 16.9 Å². The molecule has 7 nitrogen and oxygen atoms in total. The van der Waals surface area contributed by atoms with Crippen molar-refractivity contribution in [1.82, 2.24) is 19.5 Å². The van der Waals surface area contributed by atoms with Crippen LogP contribution in [0.1, 0.15) is 48.9 Å². The van der Waals surface area contributed by atoms with Gasteiger partial charge in [-0.15, -0.1) is 11.3 Å². The molecule has 160 valence electrons. The molecule has 0 unspecified atom stereocenters. The predicted octanol–water partition coefficient (Wildman–Crippen LogP) is 4.19. The van der Waals surface area contributed by atoms with Crippen LogP contribution in [-0.2, 0) is 30.6 Å². The molecule has 1 aliphatic rings. The van der Waals surface area contributed by atoms with Gasteiger partial charge in [0.2, 0.25) is 11.9 Å². The van der Waals surface area contributed by atoms with E-state index < -0.39 is 0 Å². The molecule has 0 aliphatic heterocycles. The molecular weight excluding hydrogens is 410 g/mol. The van der Waals surface area contributed by atoms with Crippen molar-refractivity contribution in [2.24, 2.45) is 0 Å². The van der Waals surface area contributed by atoms with Crippen LogP contribution in [0.15, 0.2) is 29.1 Å². The molecule has 0 radical (unpaired) electrons. The van der Waals surface area contributed by atoms with Crippen molar-refractivity contribution in [2.45, 2.75) is 58.4 Å². The molecule has 1 aliphatic carbocycles. The van der Waals surface area contributed by atoms with Gasteiger partial charge in [-0.2, -0.15) is 0 Å². The van der Waals surface area contributed by atoms with Gasteiger partial charge in [0, 0.05) is 24.3 Å². The fourth-order valence-corrected chi connectivity index (χ4v) is 5.65. The van der Waals surface area contributed by atoms with Crippen LogP contribution in [0.2, 0.25) is 0 Å². The number of thiophene rings is 1. The zero-order chi connectivity index (χ0) is 21.4. The van der Waals surface area contributed by atoms with Crippen molar-refractivity contribution in [3.8, 4) is 0 Å². The lowest BCUT2D eigenvalue weighted by Crippen LogP contribution is -2.18. The highest BCUT2D eigenvalue weighted by Gasteiger charge is 2.20. The number of H-pyrrole nitrogens is 1. The molecule has 1 amide bonds. The zero-order valence-electron chi connectivity index (χ0n) is 17.5. The third-order valence-corrected chi connectivity index (χ3v) is 7.00. The van der Waals surface area contributed by atoms with Crippen LogP contribution in [0.3, 0.4) is 0 Å². The highest BCUT2D eigenvalue weighted by atomic mass is 32.1. The number of aromatic nitrogens is 4. The van der Waals surface area contributed by atoms with Crippen LogP contribution in [0.4, 0.5) is 5.95 Å². The van der Waals surface area contributed by atoms with Gasteiger partial charge >= 0.3 is 0 Å². The van der Waals surface area contributed by atoms with E-state index >= 15 is 0 Å². The van der Waals surface area contributed by atoms with E-state index in [1.807, 2.05) is 28.8 Å². The zero-order valence-corrected chi connectivity index (χ0v) is 18.3. The maximum atomic E-state index is 12.7. The van der Waals surface area contributed by atoms with E-state index in [1.54, 1.807) is 11.3 Å². The van der Waals surface area contributed by atoms with E-state index in [0.717, 1.165) is 53.5 Å². The monoisotopic (exact) mass is 435 g/mol. The predicted molar refractivity (Wildman–Crippen MR) is 124 cm³/mol. The van der Waals surface area contributed by atoms with Gasteiger partial charge < -0.3 is 9.55 Å². The van der Waals surface area contributed by atoms with E-state index in [0.29, 0.717) is 18.2 Å². The van der Waals surface area contributed by atoms with Crippen LogP contribution in [0, 0.1) is 0 Å². The number of carbonyl (C=O) groups is 1. The molecule has 0 saturated heterocycles. The van der Waals surface area contributed by atoms with Gasteiger partial charge in [-0.25, -0.2) is 9.97 Å². The Labute approximate surface area is 183 Å². The maximum Gasteiger partial charge on any atom is 0.259 e. The number of aromatic amines is 1. The quantitative estimate of drug-likeness (QED) is 0.475. The smallest absolute Gasteiger partial charge is 0.259 e. The largest absolute Gasteiger partial charge is 0.310 e. The maximum absolute atomic E-state index is 12.7. The van der Waals surface area contributed by atoms with Crippen LogP contribution in [0.25, 0.3) is 21.3 Å². The number of anilines is 1. The molecule has 8 heteroatoms. The SMILES string of the molecule is CCCn1c(NC(=O)CCc2nc3sc4c(c3c(=O)[nH]2)CCCC4)nc2ccccc21. The third-order valence-electron chi connectivity index (χ3n) is 5.82. The molecule has 0 fully saturated rings. The molecular formula is C23H25N5O2S. The number of hydrogen-bond acceptors (Lipinski definition) is 5. The van der Waals surface area contributed by atoms with E-state index in [-0.39, 0.29) is 17.9 Å².